The molecule has 0 saturated carbocycles. The predicted octanol–water partition coefficient (Wildman–Crippen LogP) is 2.82. The molecule has 0 spiro atoms. The monoisotopic (exact) mass is 250 g/mol. The molecule has 0 aliphatic heterocycles. The molecule has 1 heterocycles. The molecule has 3 nitrogen and oxygen atoms in total. The van der Waals surface area contributed by atoms with Crippen molar-refractivity contribution in [1.82, 2.24) is 9.97 Å². The maximum absolute atomic E-state index is 13.7. The van der Waals surface area contributed by atoms with E-state index in [2.05, 4.69) is 9.97 Å². The Morgan fingerprint density at radius 3 is 2.59 bits per heavy atom. The highest BCUT2D eigenvalue weighted by Crippen LogP contribution is 2.28. The summed E-state index contributed by atoms with van der Waals surface area (Å²) in [6, 6.07) is 6.35. The van der Waals surface area contributed by atoms with Gasteiger partial charge in [-0.2, -0.15) is 0 Å². The van der Waals surface area contributed by atoms with Gasteiger partial charge in [-0.25, -0.2) is 14.4 Å². The van der Waals surface area contributed by atoms with Crippen molar-refractivity contribution < 1.29 is 9.50 Å². The number of hydrogen-bond acceptors (Lipinski definition) is 4. The molecule has 2 rings (SSSR count). The first kappa shape index (κ1) is 12.0. The minimum Gasteiger partial charge on any atom is -0.389 e. The van der Waals surface area contributed by atoms with Crippen LogP contribution in [0.3, 0.4) is 0 Å². The van der Waals surface area contributed by atoms with Crippen molar-refractivity contribution in [2.45, 2.75) is 23.1 Å². The molecular formula is C12H11FN2OS. The maximum atomic E-state index is 13.7. The third-order valence-electron chi connectivity index (χ3n) is 2.18. The molecule has 0 bridgehead atoms. The quantitative estimate of drug-likeness (QED) is 0.851. The van der Waals surface area contributed by atoms with Crippen LogP contribution < -0.4 is 0 Å². The minimum atomic E-state index is -0.670. The summed E-state index contributed by atoms with van der Waals surface area (Å²) in [4.78, 5) is 8.46. The van der Waals surface area contributed by atoms with Crippen molar-refractivity contribution in [3.8, 4) is 0 Å². The number of nitrogens with zero attached hydrogens (tertiary/aromatic N) is 2. The summed E-state index contributed by atoms with van der Waals surface area (Å²) in [6.07, 6.45) is 2.55. The van der Waals surface area contributed by atoms with E-state index in [9.17, 15) is 9.50 Å². The number of aliphatic hydroxyl groups is 1. The zero-order chi connectivity index (χ0) is 12.3. The molecule has 0 amide bonds. The van der Waals surface area contributed by atoms with Gasteiger partial charge < -0.3 is 5.11 Å². The number of halogens is 1. The van der Waals surface area contributed by atoms with Gasteiger partial charge in [0.25, 0.3) is 0 Å². The van der Waals surface area contributed by atoms with Crippen molar-refractivity contribution in [3.05, 3.63) is 48.0 Å². The van der Waals surface area contributed by atoms with E-state index < -0.39 is 6.10 Å². The van der Waals surface area contributed by atoms with Crippen LogP contribution in [0.1, 0.15) is 18.6 Å². The lowest BCUT2D eigenvalue weighted by molar-refractivity contribution is 0.198. The van der Waals surface area contributed by atoms with Crippen LogP contribution in [0.25, 0.3) is 0 Å². The highest BCUT2D eigenvalue weighted by molar-refractivity contribution is 7.99. The van der Waals surface area contributed by atoms with Crippen LogP contribution in [0.4, 0.5) is 4.39 Å². The number of aromatic nitrogens is 2. The SMILES string of the molecule is CC(O)c1ccc(Sc2ncccn2)c(F)c1. The molecule has 1 atom stereocenters. The van der Waals surface area contributed by atoms with Crippen LogP contribution in [0.5, 0.6) is 0 Å². The summed E-state index contributed by atoms with van der Waals surface area (Å²) in [5, 5.41) is 9.83. The average molecular weight is 250 g/mol. The van der Waals surface area contributed by atoms with Crippen LogP contribution in [0.15, 0.2) is 46.7 Å². The number of benzene rings is 1. The third kappa shape index (κ3) is 3.01. The maximum Gasteiger partial charge on any atom is 0.192 e. The Labute approximate surface area is 103 Å². The second-order valence-corrected chi connectivity index (χ2v) is 4.51. The zero-order valence-corrected chi connectivity index (χ0v) is 9.99. The van der Waals surface area contributed by atoms with Crippen molar-refractivity contribution in [2.24, 2.45) is 0 Å². The number of aliphatic hydroxyl groups excluding tert-OH is 1. The molecule has 1 unspecified atom stereocenters. The van der Waals surface area contributed by atoms with Gasteiger partial charge in [0.1, 0.15) is 5.82 Å². The fourth-order valence-electron chi connectivity index (χ4n) is 1.30. The van der Waals surface area contributed by atoms with E-state index >= 15 is 0 Å². The molecule has 17 heavy (non-hydrogen) atoms. The molecule has 0 saturated heterocycles. The largest absolute Gasteiger partial charge is 0.389 e. The van der Waals surface area contributed by atoms with E-state index in [0.717, 1.165) is 11.8 Å². The lowest BCUT2D eigenvalue weighted by Gasteiger charge is -2.07. The normalized spacial score (nSPS) is 12.4. The van der Waals surface area contributed by atoms with E-state index in [-0.39, 0.29) is 5.82 Å². The first-order valence-corrected chi connectivity index (χ1v) is 5.91. The summed E-state index contributed by atoms with van der Waals surface area (Å²) in [6.45, 7) is 1.60. The molecule has 0 aliphatic carbocycles. The van der Waals surface area contributed by atoms with E-state index in [1.807, 2.05) is 0 Å². The third-order valence-corrected chi connectivity index (χ3v) is 3.13. The van der Waals surface area contributed by atoms with Gasteiger partial charge in [-0.05, 0) is 42.4 Å². The first-order chi connectivity index (χ1) is 8.16. The van der Waals surface area contributed by atoms with Gasteiger partial charge in [-0.3, -0.25) is 0 Å². The minimum absolute atomic E-state index is 0.374. The lowest BCUT2D eigenvalue weighted by atomic mass is 10.1. The van der Waals surface area contributed by atoms with Crippen LogP contribution in [0, 0.1) is 5.82 Å². The van der Waals surface area contributed by atoms with Crippen LogP contribution >= 0.6 is 11.8 Å². The highest BCUT2D eigenvalue weighted by atomic mass is 32.2. The average Bonchev–Trinajstić information content (AvgIpc) is 2.33. The van der Waals surface area contributed by atoms with Crippen LogP contribution in [-0.4, -0.2) is 15.1 Å². The van der Waals surface area contributed by atoms with Crippen molar-refractivity contribution in [1.29, 1.82) is 0 Å². The zero-order valence-electron chi connectivity index (χ0n) is 9.17. The van der Waals surface area contributed by atoms with Gasteiger partial charge in [-0.1, -0.05) is 6.07 Å². The van der Waals surface area contributed by atoms with Crippen molar-refractivity contribution in [3.63, 3.8) is 0 Å². The Kier molecular flexibility index (Phi) is 3.71. The van der Waals surface area contributed by atoms with Gasteiger partial charge in [0.05, 0.1) is 11.0 Å². The second kappa shape index (κ2) is 5.25. The standard InChI is InChI=1S/C12H11FN2OS/c1-8(16)9-3-4-11(10(13)7-9)17-12-14-5-2-6-15-12/h2-8,16H,1H3. The Hall–Kier alpha value is -1.46. The molecule has 1 aromatic heterocycles. The molecule has 5 heteroatoms. The van der Waals surface area contributed by atoms with Crippen molar-refractivity contribution >= 4 is 11.8 Å². The van der Waals surface area contributed by atoms with E-state index in [1.165, 1.54) is 6.07 Å². The molecule has 1 aromatic carbocycles. The molecule has 88 valence electrons. The van der Waals surface area contributed by atoms with Gasteiger partial charge in [-0.15, -0.1) is 0 Å². The molecule has 0 aliphatic rings. The van der Waals surface area contributed by atoms with Gasteiger partial charge in [0, 0.05) is 12.4 Å². The fourth-order valence-corrected chi connectivity index (χ4v) is 2.01. The highest BCUT2D eigenvalue weighted by Gasteiger charge is 2.09. The van der Waals surface area contributed by atoms with E-state index in [0.29, 0.717) is 15.6 Å². The van der Waals surface area contributed by atoms with E-state index in [1.54, 1.807) is 37.5 Å². The van der Waals surface area contributed by atoms with Crippen LogP contribution in [-0.2, 0) is 0 Å². The second-order valence-electron chi connectivity index (χ2n) is 3.50. The van der Waals surface area contributed by atoms with Gasteiger partial charge >= 0.3 is 0 Å². The molecule has 2 aromatic rings. The molecule has 0 radical (unpaired) electrons. The number of hydrogen-bond donors (Lipinski definition) is 1. The fraction of sp³-hybridized carbons (Fsp3) is 0.167. The summed E-state index contributed by atoms with van der Waals surface area (Å²) >= 11 is 1.16. The number of rotatable bonds is 3. The Morgan fingerprint density at radius 2 is 2.00 bits per heavy atom. The Balaban J connectivity index is 2.23. The van der Waals surface area contributed by atoms with Gasteiger partial charge in [0.15, 0.2) is 5.16 Å². The topological polar surface area (TPSA) is 46.0 Å². The lowest BCUT2D eigenvalue weighted by Crippen LogP contribution is -1.93. The first-order valence-electron chi connectivity index (χ1n) is 5.09. The Morgan fingerprint density at radius 1 is 1.29 bits per heavy atom. The smallest absolute Gasteiger partial charge is 0.192 e. The summed E-state index contributed by atoms with van der Waals surface area (Å²) in [7, 11) is 0. The van der Waals surface area contributed by atoms with Crippen LogP contribution in [0.2, 0.25) is 0 Å². The Bertz CT molecular complexity index is 505. The molecule has 1 N–H and O–H groups in total. The van der Waals surface area contributed by atoms with E-state index in [4.69, 9.17) is 0 Å². The summed E-state index contributed by atoms with van der Waals surface area (Å²) < 4.78 is 13.7. The summed E-state index contributed by atoms with van der Waals surface area (Å²) in [5.74, 6) is -0.374. The molecular weight excluding hydrogens is 239 g/mol. The predicted molar refractivity (Wildman–Crippen MR) is 63.2 cm³/mol. The van der Waals surface area contributed by atoms with Crippen molar-refractivity contribution in [2.75, 3.05) is 0 Å². The molecule has 0 fully saturated rings. The van der Waals surface area contributed by atoms with Gasteiger partial charge in [0.2, 0.25) is 0 Å². The summed E-state index contributed by atoms with van der Waals surface area (Å²) in [5.41, 5.74) is 0.556.